The molecule has 0 bridgehead atoms. The Bertz CT molecular complexity index is 853. The molecule has 0 amide bonds. The molecule has 0 spiro atoms. The Balaban J connectivity index is 2.14. The maximum absolute atomic E-state index is 12.9. The summed E-state index contributed by atoms with van der Waals surface area (Å²) in [6.07, 6.45) is -1.29. The lowest BCUT2D eigenvalue weighted by molar-refractivity contribution is -0.144. The summed E-state index contributed by atoms with van der Waals surface area (Å²) in [5.74, 6) is -1.08. The molecule has 1 aliphatic rings. The Morgan fingerprint density at radius 3 is 2.57 bits per heavy atom. The minimum Gasteiger partial charge on any atom is -0.478 e. The first-order chi connectivity index (χ1) is 10.9. The van der Waals surface area contributed by atoms with E-state index in [1.54, 1.807) is 18.2 Å². The van der Waals surface area contributed by atoms with Gasteiger partial charge < -0.3 is 9.84 Å². The van der Waals surface area contributed by atoms with Gasteiger partial charge in [-0.2, -0.15) is 0 Å². The average molecular weight is 354 g/mol. The first-order valence-corrected chi connectivity index (χ1v) is 8.48. The lowest BCUT2D eigenvalue weighted by Gasteiger charge is -2.33. The van der Waals surface area contributed by atoms with Gasteiger partial charge in [0, 0.05) is 5.02 Å². The second kappa shape index (κ2) is 5.75. The highest BCUT2D eigenvalue weighted by Crippen LogP contribution is 2.38. The Hall–Kier alpha value is -2.25. The number of halogens is 1. The van der Waals surface area contributed by atoms with E-state index in [-0.39, 0.29) is 22.9 Å². The molecule has 0 saturated heterocycles. The first kappa shape index (κ1) is 15.6. The summed E-state index contributed by atoms with van der Waals surface area (Å²) in [6.45, 7) is -0.333. The summed E-state index contributed by atoms with van der Waals surface area (Å²) in [5, 5.41) is 9.53. The second-order valence-electron chi connectivity index (χ2n) is 4.91. The third-order valence-corrected chi connectivity index (χ3v) is 5.43. The fourth-order valence-corrected chi connectivity index (χ4v) is 3.96. The molecule has 2 aromatic rings. The van der Waals surface area contributed by atoms with Crippen LogP contribution in [0, 0.1) is 0 Å². The van der Waals surface area contributed by atoms with Gasteiger partial charge in [-0.05, 0) is 30.3 Å². The monoisotopic (exact) mass is 353 g/mol. The van der Waals surface area contributed by atoms with E-state index in [0.717, 1.165) is 4.31 Å². The maximum Gasteiger partial charge on any atom is 0.346 e. The zero-order valence-corrected chi connectivity index (χ0v) is 13.3. The topological polar surface area (TPSA) is 83.9 Å². The number of carbonyl (C=O) groups is 1. The van der Waals surface area contributed by atoms with Gasteiger partial charge in [-0.3, -0.25) is 4.31 Å². The number of benzene rings is 2. The van der Waals surface area contributed by atoms with Gasteiger partial charge in [0.05, 0.1) is 17.1 Å². The number of carboxylic acids is 1. The maximum atomic E-state index is 12.9. The minimum atomic E-state index is -3.93. The van der Waals surface area contributed by atoms with E-state index in [1.807, 2.05) is 0 Å². The smallest absolute Gasteiger partial charge is 0.346 e. The van der Waals surface area contributed by atoms with Crippen molar-refractivity contribution in [3.63, 3.8) is 0 Å². The molecule has 0 saturated carbocycles. The summed E-state index contributed by atoms with van der Waals surface area (Å²) in [6, 6.07) is 12.2. The van der Waals surface area contributed by atoms with Crippen molar-refractivity contribution in [2.45, 2.75) is 11.0 Å². The predicted octanol–water partition coefficient (Wildman–Crippen LogP) is 2.38. The van der Waals surface area contributed by atoms with Crippen LogP contribution in [0.15, 0.2) is 53.4 Å². The van der Waals surface area contributed by atoms with Gasteiger partial charge in [0.1, 0.15) is 5.75 Å². The number of nitrogens with zero attached hydrogens (tertiary/aromatic N) is 1. The normalized spacial score (nSPS) is 17.3. The van der Waals surface area contributed by atoms with Crippen LogP contribution in [-0.2, 0) is 14.8 Å². The molecular formula is C15H12ClNO5S. The van der Waals surface area contributed by atoms with E-state index in [2.05, 4.69) is 0 Å². The Labute approximate surface area is 137 Å². The van der Waals surface area contributed by atoms with Crippen molar-refractivity contribution in [2.24, 2.45) is 0 Å². The molecule has 0 fully saturated rings. The Kier molecular flexibility index (Phi) is 3.91. The van der Waals surface area contributed by atoms with E-state index in [9.17, 15) is 18.3 Å². The molecule has 1 aliphatic heterocycles. The number of carboxylic acid groups (broad SMARTS) is 1. The largest absolute Gasteiger partial charge is 0.478 e. The van der Waals surface area contributed by atoms with Gasteiger partial charge in [0.2, 0.25) is 6.10 Å². The molecule has 0 aliphatic carbocycles. The van der Waals surface area contributed by atoms with Crippen molar-refractivity contribution >= 4 is 33.3 Å². The van der Waals surface area contributed by atoms with Gasteiger partial charge >= 0.3 is 5.97 Å². The van der Waals surface area contributed by atoms with Crippen LogP contribution >= 0.6 is 11.6 Å². The SMILES string of the molecule is O=C(O)[C@@H]1CN(S(=O)(=O)c2ccccc2)c2cc(Cl)ccc2O1. The van der Waals surface area contributed by atoms with Crippen LogP contribution in [0.3, 0.4) is 0 Å². The number of aliphatic carboxylic acids is 1. The highest BCUT2D eigenvalue weighted by molar-refractivity contribution is 7.92. The fraction of sp³-hybridized carbons (Fsp3) is 0.133. The molecule has 6 nitrogen and oxygen atoms in total. The Morgan fingerprint density at radius 2 is 1.91 bits per heavy atom. The van der Waals surface area contributed by atoms with Crippen LogP contribution in [0.4, 0.5) is 5.69 Å². The number of rotatable bonds is 3. The molecule has 0 unspecified atom stereocenters. The zero-order valence-electron chi connectivity index (χ0n) is 11.7. The molecule has 0 aromatic heterocycles. The lowest BCUT2D eigenvalue weighted by atomic mass is 10.2. The van der Waals surface area contributed by atoms with Crippen LogP contribution in [-0.4, -0.2) is 32.1 Å². The van der Waals surface area contributed by atoms with Crippen molar-refractivity contribution in [1.29, 1.82) is 0 Å². The lowest BCUT2D eigenvalue weighted by Crippen LogP contribution is -2.47. The summed E-state index contributed by atoms with van der Waals surface area (Å²) in [5.41, 5.74) is 0.221. The highest BCUT2D eigenvalue weighted by atomic mass is 35.5. The number of hydrogen-bond acceptors (Lipinski definition) is 4. The number of fused-ring (bicyclic) bond motifs is 1. The van der Waals surface area contributed by atoms with Gasteiger partial charge in [0.15, 0.2) is 0 Å². The quantitative estimate of drug-likeness (QED) is 0.915. The molecule has 1 N–H and O–H groups in total. The van der Waals surface area contributed by atoms with Gasteiger partial charge in [-0.1, -0.05) is 29.8 Å². The number of ether oxygens (including phenoxy) is 1. The van der Waals surface area contributed by atoms with Gasteiger partial charge in [0.25, 0.3) is 10.0 Å². The molecule has 1 atom stereocenters. The molecule has 3 rings (SSSR count). The summed E-state index contributed by atoms with van der Waals surface area (Å²) >= 11 is 5.94. The van der Waals surface area contributed by atoms with Crippen molar-refractivity contribution in [3.05, 3.63) is 53.6 Å². The third kappa shape index (κ3) is 2.85. The summed E-state index contributed by atoms with van der Waals surface area (Å²) in [7, 11) is -3.93. The average Bonchev–Trinajstić information content (AvgIpc) is 2.54. The molecule has 8 heteroatoms. The molecule has 2 aromatic carbocycles. The molecule has 23 heavy (non-hydrogen) atoms. The van der Waals surface area contributed by atoms with Gasteiger partial charge in [-0.15, -0.1) is 0 Å². The summed E-state index contributed by atoms with van der Waals surface area (Å²) < 4.78 is 32.1. The van der Waals surface area contributed by atoms with E-state index < -0.39 is 22.1 Å². The molecule has 0 radical (unpaired) electrons. The van der Waals surface area contributed by atoms with Crippen molar-refractivity contribution in [1.82, 2.24) is 0 Å². The van der Waals surface area contributed by atoms with Gasteiger partial charge in [-0.25, -0.2) is 13.2 Å². The number of anilines is 1. The van der Waals surface area contributed by atoms with Crippen LogP contribution in [0.25, 0.3) is 0 Å². The van der Waals surface area contributed by atoms with Crippen molar-refractivity contribution in [2.75, 3.05) is 10.8 Å². The van der Waals surface area contributed by atoms with Crippen LogP contribution in [0.1, 0.15) is 0 Å². The molecular weight excluding hydrogens is 342 g/mol. The van der Waals surface area contributed by atoms with Crippen molar-refractivity contribution < 1.29 is 23.1 Å². The Morgan fingerprint density at radius 1 is 1.22 bits per heavy atom. The van der Waals surface area contributed by atoms with E-state index in [0.29, 0.717) is 5.02 Å². The van der Waals surface area contributed by atoms with Crippen LogP contribution in [0.5, 0.6) is 5.75 Å². The summed E-state index contributed by atoms with van der Waals surface area (Å²) in [4.78, 5) is 11.3. The third-order valence-electron chi connectivity index (χ3n) is 3.40. The molecule has 120 valence electrons. The predicted molar refractivity (Wildman–Crippen MR) is 84.5 cm³/mol. The zero-order chi connectivity index (χ0) is 16.6. The minimum absolute atomic E-state index is 0.0666. The standard InChI is InChI=1S/C15H12ClNO5S/c16-10-6-7-13-12(8-10)17(9-14(22-13)15(18)19)23(20,21)11-4-2-1-3-5-11/h1-8,14H,9H2,(H,18,19)/t14-/m0/s1. The highest BCUT2D eigenvalue weighted by Gasteiger charge is 2.37. The second-order valence-corrected chi connectivity index (χ2v) is 7.20. The van der Waals surface area contributed by atoms with E-state index in [4.69, 9.17) is 16.3 Å². The van der Waals surface area contributed by atoms with E-state index in [1.165, 1.54) is 30.3 Å². The molecule has 1 heterocycles. The first-order valence-electron chi connectivity index (χ1n) is 6.66. The number of sulfonamides is 1. The van der Waals surface area contributed by atoms with Crippen LogP contribution in [0.2, 0.25) is 5.02 Å². The fourth-order valence-electron chi connectivity index (χ4n) is 2.30. The van der Waals surface area contributed by atoms with Crippen LogP contribution < -0.4 is 9.04 Å². The van der Waals surface area contributed by atoms with Crippen molar-refractivity contribution in [3.8, 4) is 5.75 Å². The van der Waals surface area contributed by atoms with E-state index >= 15 is 0 Å². The number of hydrogen-bond donors (Lipinski definition) is 1.